The number of amides is 1. The average molecular weight is 207 g/mol. The Hall–Kier alpha value is -0.910. The van der Waals surface area contributed by atoms with E-state index in [2.05, 4.69) is 5.32 Å². The Balaban J connectivity index is 3.58. The van der Waals surface area contributed by atoms with Crippen LogP contribution in [0.2, 0.25) is 0 Å². The van der Waals surface area contributed by atoms with Crippen molar-refractivity contribution in [1.82, 2.24) is 5.32 Å². The van der Waals surface area contributed by atoms with Crippen LogP contribution in [0.1, 0.15) is 13.3 Å². The van der Waals surface area contributed by atoms with Gasteiger partial charge in [0.15, 0.2) is 0 Å². The van der Waals surface area contributed by atoms with Crippen molar-refractivity contribution in [3.63, 3.8) is 0 Å². The van der Waals surface area contributed by atoms with Crippen molar-refractivity contribution in [2.24, 2.45) is 0 Å². The van der Waals surface area contributed by atoms with Gasteiger partial charge >= 0.3 is 5.97 Å². The van der Waals surface area contributed by atoms with E-state index in [0.717, 1.165) is 0 Å². The van der Waals surface area contributed by atoms with E-state index in [0.29, 0.717) is 6.54 Å². The van der Waals surface area contributed by atoms with Crippen molar-refractivity contribution in [1.29, 1.82) is 0 Å². The molecule has 1 amide bonds. The lowest BCUT2D eigenvalue weighted by atomic mass is 10.4. The van der Waals surface area contributed by atoms with Gasteiger partial charge in [-0.1, -0.05) is 0 Å². The van der Waals surface area contributed by atoms with Crippen LogP contribution < -0.4 is 5.32 Å². The molecular weight excluding hydrogens is 194 g/mol. The highest BCUT2D eigenvalue weighted by Gasteiger charge is 2.07. The highest BCUT2D eigenvalue weighted by atomic mass is 32.2. The topological polar surface area (TPSA) is 83.5 Å². The van der Waals surface area contributed by atoms with E-state index in [9.17, 15) is 13.8 Å². The molecule has 0 rings (SSSR count). The van der Waals surface area contributed by atoms with Crippen molar-refractivity contribution in [2.45, 2.75) is 13.3 Å². The molecule has 0 saturated heterocycles. The molecule has 0 aromatic carbocycles. The Kier molecular flexibility index (Phi) is 6.13. The number of carbonyl (C=O) groups excluding carboxylic acids is 1. The molecule has 0 aliphatic rings. The molecule has 0 aliphatic heterocycles. The summed E-state index contributed by atoms with van der Waals surface area (Å²) in [6.45, 7) is 2.32. The predicted octanol–water partition coefficient (Wildman–Crippen LogP) is -0.654. The van der Waals surface area contributed by atoms with Crippen LogP contribution in [-0.4, -0.2) is 39.2 Å². The molecule has 5 nitrogen and oxygen atoms in total. The van der Waals surface area contributed by atoms with Crippen LogP contribution in [0.25, 0.3) is 0 Å². The normalized spacial score (nSPS) is 12.1. The Morgan fingerprint density at radius 1 is 1.46 bits per heavy atom. The zero-order valence-electron chi connectivity index (χ0n) is 7.41. The van der Waals surface area contributed by atoms with E-state index in [1.165, 1.54) is 0 Å². The molecule has 0 aliphatic carbocycles. The lowest BCUT2D eigenvalue weighted by molar-refractivity contribution is -0.134. The Morgan fingerprint density at radius 2 is 2.08 bits per heavy atom. The second-order valence-corrected chi connectivity index (χ2v) is 3.96. The minimum Gasteiger partial charge on any atom is -0.481 e. The lowest BCUT2D eigenvalue weighted by Crippen LogP contribution is -2.25. The summed E-state index contributed by atoms with van der Waals surface area (Å²) < 4.78 is 10.9. The van der Waals surface area contributed by atoms with E-state index >= 15 is 0 Å². The number of hydrogen-bond donors (Lipinski definition) is 2. The summed E-state index contributed by atoms with van der Waals surface area (Å²) in [5.41, 5.74) is 0. The van der Waals surface area contributed by atoms with Crippen molar-refractivity contribution in [3.8, 4) is 0 Å². The first kappa shape index (κ1) is 12.1. The molecule has 13 heavy (non-hydrogen) atoms. The molecule has 1 atom stereocenters. The highest BCUT2D eigenvalue weighted by Crippen LogP contribution is 1.88. The summed E-state index contributed by atoms with van der Waals surface area (Å²) in [5.74, 6) is -1.58. The van der Waals surface area contributed by atoms with E-state index in [-0.39, 0.29) is 23.8 Å². The molecule has 0 aromatic rings. The summed E-state index contributed by atoms with van der Waals surface area (Å²) in [7, 11) is -1.43. The summed E-state index contributed by atoms with van der Waals surface area (Å²) in [4.78, 5) is 20.9. The fourth-order valence-electron chi connectivity index (χ4n) is 0.702. The monoisotopic (exact) mass is 207 g/mol. The summed E-state index contributed by atoms with van der Waals surface area (Å²) in [6.07, 6.45) is 0.119. The van der Waals surface area contributed by atoms with Crippen LogP contribution in [0.15, 0.2) is 0 Å². The summed E-state index contributed by atoms with van der Waals surface area (Å²) >= 11 is 0. The number of hydrogen-bond acceptors (Lipinski definition) is 3. The quantitative estimate of drug-likeness (QED) is 0.606. The Labute approximate surface area is 79.0 Å². The van der Waals surface area contributed by atoms with Gasteiger partial charge in [0, 0.05) is 29.5 Å². The number of carboxylic acid groups (broad SMARTS) is 1. The third-order valence-electron chi connectivity index (χ3n) is 1.22. The van der Waals surface area contributed by atoms with Gasteiger partial charge in [0.25, 0.3) is 0 Å². The number of nitrogens with one attached hydrogen (secondary N) is 1. The van der Waals surface area contributed by atoms with Gasteiger partial charge in [-0.3, -0.25) is 13.8 Å². The molecule has 0 aromatic heterocycles. The molecule has 76 valence electrons. The fourth-order valence-corrected chi connectivity index (χ4v) is 1.53. The van der Waals surface area contributed by atoms with Gasteiger partial charge in [0.05, 0.1) is 0 Å². The highest BCUT2D eigenvalue weighted by molar-refractivity contribution is 7.85. The molecule has 0 saturated carbocycles. The zero-order chi connectivity index (χ0) is 10.3. The van der Waals surface area contributed by atoms with Gasteiger partial charge in [-0.2, -0.15) is 0 Å². The smallest absolute Gasteiger partial charge is 0.316 e. The minimum atomic E-state index is -1.43. The molecule has 6 heteroatoms. The second kappa shape index (κ2) is 6.59. The summed E-state index contributed by atoms with van der Waals surface area (Å²) in [6, 6.07) is 0. The van der Waals surface area contributed by atoms with Crippen LogP contribution >= 0.6 is 0 Å². The maximum Gasteiger partial charge on any atom is 0.316 e. The predicted molar refractivity (Wildman–Crippen MR) is 48.8 cm³/mol. The number of rotatable bonds is 6. The molecule has 0 radical (unpaired) electrons. The van der Waals surface area contributed by atoms with Crippen LogP contribution in [0.5, 0.6) is 0 Å². The van der Waals surface area contributed by atoms with Crippen LogP contribution in [0.4, 0.5) is 0 Å². The largest absolute Gasteiger partial charge is 0.481 e. The Bertz CT molecular complexity index is 217. The van der Waals surface area contributed by atoms with Gasteiger partial charge in [-0.25, -0.2) is 0 Å². The average Bonchev–Trinajstić information content (AvgIpc) is 2.00. The number of carbonyl (C=O) groups is 2. The van der Waals surface area contributed by atoms with E-state index < -0.39 is 16.8 Å². The molecule has 0 spiro atoms. The first-order valence-electron chi connectivity index (χ1n) is 3.89. The van der Waals surface area contributed by atoms with Crippen LogP contribution in [-0.2, 0) is 20.4 Å². The van der Waals surface area contributed by atoms with E-state index in [4.69, 9.17) is 5.11 Å². The van der Waals surface area contributed by atoms with E-state index in [1.54, 1.807) is 6.92 Å². The zero-order valence-corrected chi connectivity index (χ0v) is 8.23. The summed E-state index contributed by atoms with van der Waals surface area (Å²) in [5, 5.41) is 10.8. The van der Waals surface area contributed by atoms with Crippen molar-refractivity contribution < 1.29 is 18.9 Å². The lowest BCUT2D eigenvalue weighted by Gasteiger charge is -2.00. The molecule has 2 N–H and O–H groups in total. The van der Waals surface area contributed by atoms with Gasteiger partial charge in [-0.15, -0.1) is 0 Å². The molecule has 1 unspecified atom stereocenters. The van der Waals surface area contributed by atoms with Gasteiger partial charge < -0.3 is 10.4 Å². The number of aliphatic carboxylic acids is 1. The molecule has 0 fully saturated rings. The SMILES string of the molecule is CCNC(=O)CCS(=O)CC(=O)O. The second-order valence-electron chi connectivity index (χ2n) is 2.39. The van der Waals surface area contributed by atoms with Gasteiger partial charge in [0.1, 0.15) is 5.75 Å². The van der Waals surface area contributed by atoms with Gasteiger partial charge in [0.2, 0.25) is 5.91 Å². The Morgan fingerprint density at radius 3 is 2.54 bits per heavy atom. The first-order chi connectivity index (χ1) is 6.06. The van der Waals surface area contributed by atoms with Crippen LogP contribution in [0, 0.1) is 0 Å². The molecule has 0 heterocycles. The first-order valence-corrected chi connectivity index (χ1v) is 5.38. The minimum absolute atomic E-state index is 0.109. The molecule has 0 bridgehead atoms. The third-order valence-corrected chi connectivity index (χ3v) is 2.44. The number of carboxylic acids is 1. The molecular formula is C7H13NO4S. The maximum atomic E-state index is 10.9. The fraction of sp³-hybridized carbons (Fsp3) is 0.714. The van der Waals surface area contributed by atoms with Crippen molar-refractivity contribution in [3.05, 3.63) is 0 Å². The van der Waals surface area contributed by atoms with Crippen LogP contribution in [0.3, 0.4) is 0 Å². The van der Waals surface area contributed by atoms with Crippen molar-refractivity contribution in [2.75, 3.05) is 18.1 Å². The van der Waals surface area contributed by atoms with E-state index in [1.807, 2.05) is 0 Å². The van der Waals surface area contributed by atoms with Crippen molar-refractivity contribution >= 4 is 22.7 Å². The van der Waals surface area contributed by atoms with Gasteiger partial charge in [-0.05, 0) is 6.92 Å². The third kappa shape index (κ3) is 7.45. The standard InChI is InChI=1S/C7H13NO4S/c1-2-8-6(9)3-4-13(12)5-7(10)11/h2-5H2,1H3,(H,8,9)(H,10,11). The maximum absolute atomic E-state index is 10.9.